The molecule has 174 valence electrons. The van der Waals surface area contributed by atoms with Crippen molar-refractivity contribution in [3.8, 4) is 11.1 Å². The number of carbonyl (C=O) groups is 1. The highest BCUT2D eigenvalue weighted by atomic mass is 19.3. The molecule has 0 aromatic heterocycles. The van der Waals surface area contributed by atoms with E-state index >= 15 is 0 Å². The summed E-state index contributed by atoms with van der Waals surface area (Å²) in [5, 5.41) is 10.4. The largest absolute Gasteiger partial charge is 0.465 e. The van der Waals surface area contributed by atoms with Crippen LogP contribution in [-0.2, 0) is 6.42 Å². The zero-order valence-corrected chi connectivity index (χ0v) is 18.7. The van der Waals surface area contributed by atoms with Gasteiger partial charge in [-0.05, 0) is 91.3 Å². The fourth-order valence-electron chi connectivity index (χ4n) is 6.79. The maximum Gasteiger partial charge on any atom is 0.408 e. The molecule has 6 heteroatoms. The van der Waals surface area contributed by atoms with Crippen LogP contribution in [0.5, 0.6) is 0 Å². The van der Waals surface area contributed by atoms with Gasteiger partial charge in [0.25, 0.3) is 6.43 Å². The van der Waals surface area contributed by atoms with Crippen LogP contribution < -0.4 is 0 Å². The molecule has 2 aromatic carbocycles. The van der Waals surface area contributed by atoms with E-state index in [1.54, 1.807) is 12.1 Å². The summed E-state index contributed by atoms with van der Waals surface area (Å²) in [5.41, 5.74) is 4.10. The van der Waals surface area contributed by atoms with Crippen LogP contribution in [0.1, 0.15) is 61.3 Å². The molecule has 2 aromatic rings. The van der Waals surface area contributed by atoms with Crippen LogP contribution in [0, 0.1) is 11.3 Å². The lowest BCUT2D eigenvalue weighted by Crippen LogP contribution is -2.60. The number of aryl methyl sites for hydroxylation is 1. The van der Waals surface area contributed by atoms with Crippen molar-refractivity contribution in [1.82, 2.24) is 9.80 Å². The summed E-state index contributed by atoms with van der Waals surface area (Å²) < 4.78 is 26.4. The number of rotatable bonds is 4. The van der Waals surface area contributed by atoms with Gasteiger partial charge in [0.05, 0.1) is 12.1 Å². The van der Waals surface area contributed by atoms with Gasteiger partial charge in [0, 0.05) is 12.1 Å². The Hall–Kier alpha value is -2.47. The second kappa shape index (κ2) is 7.79. The monoisotopic (exact) mass is 452 g/mol. The molecule has 1 amide bonds. The van der Waals surface area contributed by atoms with Crippen molar-refractivity contribution in [3.63, 3.8) is 0 Å². The van der Waals surface area contributed by atoms with E-state index in [9.17, 15) is 18.7 Å². The molecule has 2 atom stereocenters. The van der Waals surface area contributed by atoms with E-state index in [4.69, 9.17) is 0 Å². The number of alkyl halides is 2. The fourth-order valence-corrected chi connectivity index (χ4v) is 6.79. The third-order valence-corrected chi connectivity index (χ3v) is 8.75. The zero-order chi connectivity index (χ0) is 22.7. The maximum atomic E-state index is 13.2. The maximum absolute atomic E-state index is 13.2. The first-order valence-electron chi connectivity index (χ1n) is 12.2. The van der Waals surface area contributed by atoms with Gasteiger partial charge >= 0.3 is 6.09 Å². The summed E-state index contributed by atoms with van der Waals surface area (Å²) in [6.45, 7) is 3.02. The first kappa shape index (κ1) is 21.1. The number of amides is 1. The molecule has 1 saturated carbocycles. The Morgan fingerprint density at radius 2 is 1.82 bits per heavy atom. The van der Waals surface area contributed by atoms with Gasteiger partial charge in [-0.1, -0.05) is 36.4 Å². The third kappa shape index (κ3) is 3.54. The van der Waals surface area contributed by atoms with Gasteiger partial charge < -0.3 is 10.0 Å². The summed E-state index contributed by atoms with van der Waals surface area (Å²) in [5.74, 6) is 0.448. The van der Waals surface area contributed by atoms with E-state index in [1.807, 2.05) is 17.0 Å². The van der Waals surface area contributed by atoms with Crippen LogP contribution in [-0.4, -0.2) is 46.7 Å². The quantitative estimate of drug-likeness (QED) is 0.607. The number of piperidine rings is 3. The predicted molar refractivity (Wildman–Crippen MR) is 122 cm³/mol. The fraction of sp³-hybridized carbons (Fsp3) is 0.519. The van der Waals surface area contributed by atoms with Gasteiger partial charge in [0.2, 0.25) is 0 Å². The van der Waals surface area contributed by atoms with E-state index in [0.29, 0.717) is 5.92 Å². The van der Waals surface area contributed by atoms with Crippen LogP contribution in [0.4, 0.5) is 13.6 Å². The van der Waals surface area contributed by atoms with Crippen molar-refractivity contribution in [1.29, 1.82) is 0 Å². The van der Waals surface area contributed by atoms with E-state index in [2.05, 4.69) is 17.0 Å². The Balaban J connectivity index is 1.39. The van der Waals surface area contributed by atoms with Crippen LogP contribution in [0.25, 0.3) is 11.1 Å². The topological polar surface area (TPSA) is 43.8 Å². The Morgan fingerprint density at radius 1 is 1.06 bits per heavy atom. The summed E-state index contributed by atoms with van der Waals surface area (Å²) in [7, 11) is 0. The van der Waals surface area contributed by atoms with Crippen molar-refractivity contribution in [2.45, 2.75) is 57.0 Å². The zero-order valence-electron chi connectivity index (χ0n) is 18.7. The van der Waals surface area contributed by atoms with E-state index in [0.717, 1.165) is 74.8 Å². The first-order chi connectivity index (χ1) is 15.9. The van der Waals surface area contributed by atoms with Crippen LogP contribution in [0.15, 0.2) is 42.5 Å². The minimum atomic E-state index is -2.49. The smallest absolute Gasteiger partial charge is 0.408 e. The average molecular weight is 453 g/mol. The number of hydrogen-bond acceptors (Lipinski definition) is 2. The van der Waals surface area contributed by atoms with E-state index in [-0.39, 0.29) is 23.1 Å². The molecule has 0 radical (unpaired) electrons. The molecule has 2 aliphatic carbocycles. The Bertz CT molecular complexity index is 1080. The van der Waals surface area contributed by atoms with Crippen LogP contribution in [0.2, 0.25) is 0 Å². The van der Waals surface area contributed by atoms with Gasteiger partial charge in [-0.25, -0.2) is 13.6 Å². The molecule has 1 spiro atoms. The highest BCUT2D eigenvalue weighted by Crippen LogP contribution is 2.63. The molecule has 5 aliphatic rings. The van der Waals surface area contributed by atoms with E-state index < -0.39 is 12.5 Å². The molecule has 1 unspecified atom stereocenters. The minimum absolute atomic E-state index is 0.0273. The lowest BCUT2D eigenvalue weighted by Gasteiger charge is -2.52. The standard InChI is InChI=1S/C27H30F2N2O2/c28-25(29)21-3-1-2-18(15-21)19-4-5-22-20(14-19)6-9-27(10-11-27)24(22)31(26(32)33)23-16-30-12-7-17(23)8-13-30/h1-5,14-15,17,23-25H,6-13,16H2,(H,32,33)/t23?,24-/m1/s1. The molecule has 4 nitrogen and oxygen atoms in total. The highest BCUT2D eigenvalue weighted by Gasteiger charge is 2.57. The van der Waals surface area contributed by atoms with Crippen LogP contribution >= 0.6 is 0 Å². The van der Waals surface area contributed by atoms with Gasteiger partial charge in [-0.15, -0.1) is 0 Å². The minimum Gasteiger partial charge on any atom is -0.465 e. The predicted octanol–water partition coefficient (Wildman–Crippen LogP) is 6.13. The van der Waals surface area contributed by atoms with Crippen molar-refractivity contribution in [2.75, 3.05) is 19.6 Å². The third-order valence-electron chi connectivity index (χ3n) is 8.75. The molecule has 33 heavy (non-hydrogen) atoms. The lowest BCUT2D eigenvalue weighted by atomic mass is 9.73. The molecule has 1 N–H and O–H groups in total. The van der Waals surface area contributed by atoms with E-state index in [1.165, 1.54) is 11.6 Å². The Labute approximate surface area is 193 Å². The second-order valence-electron chi connectivity index (χ2n) is 10.5. The molecule has 3 aliphatic heterocycles. The number of halogens is 2. The van der Waals surface area contributed by atoms with Gasteiger partial charge in [0.15, 0.2) is 0 Å². The summed E-state index contributed by atoms with van der Waals surface area (Å²) in [6.07, 6.45) is 2.96. The normalized spacial score (nSPS) is 29.2. The molecular formula is C27H30F2N2O2. The van der Waals surface area contributed by atoms with Gasteiger partial charge in [-0.3, -0.25) is 4.90 Å². The van der Waals surface area contributed by atoms with Crippen molar-refractivity contribution >= 4 is 6.09 Å². The summed E-state index contributed by atoms with van der Waals surface area (Å²) >= 11 is 0. The van der Waals surface area contributed by atoms with Crippen molar-refractivity contribution in [2.24, 2.45) is 11.3 Å². The number of nitrogens with zero attached hydrogens (tertiary/aromatic N) is 2. The summed E-state index contributed by atoms with van der Waals surface area (Å²) in [6, 6.07) is 12.7. The number of hydrogen-bond donors (Lipinski definition) is 1. The van der Waals surface area contributed by atoms with Crippen molar-refractivity contribution in [3.05, 3.63) is 59.2 Å². The Kier molecular flexibility index (Phi) is 4.98. The molecule has 4 fully saturated rings. The highest BCUT2D eigenvalue weighted by molar-refractivity contribution is 5.69. The molecule has 3 saturated heterocycles. The van der Waals surface area contributed by atoms with Gasteiger partial charge in [0.1, 0.15) is 0 Å². The average Bonchev–Trinajstić information content (AvgIpc) is 3.61. The molecular weight excluding hydrogens is 422 g/mol. The second-order valence-corrected chi connectivity index (χ2v) is 10.5. The van der Waals surface area contributed by atoms with Crippen molar-refractivity contribution < 1.29 is 18.7 Å². The lowest BCUT2D eigenvalue weighted by molar-refractivity contribution is -0.0243. The first-order valence-corrected chi connectivity index (χ1v) is 12.2. The SMILES string of the molecule is O=C(O)N(C1CN2CCC1CC2)[C@@H]1c2ccc(-c3cccc(C(F)F)c3)cc2CCC12CC2. The molecule has 3 heterocycles. The number of benzene rings is 2. The summed E-state index contributed by atoms with van der Waals surface area (Å²) in [4.78, 5) is 17.0. The van der Waals surface area contributed by atoms with Crippen LogP contribution in [0.3, 0.4) is 0 Å². The molecule has 7 rings (SSSR count). The Morgan fingerprint density at radius 3 is 2.45 bits per heavy atom. The number of fused-ring (bicyclic) bond motifs is 4. The molecule has 2 bridgehead atoms. The van der Waals surface area contributed by atoms with Gasteiger partial charge in [-0.2, -0.15) is 0 Å². The number of carboxylic acid groups (broad SMARTS) is 1.